The first-order valence-electron chi connectivity index (χ1n) is 8.96. The van der Waals surface area contributed by atoms with Gasteiger partial charge in [0.15, 0.2) is 0 Å². The van der Waals surface area contributed by atoms with Crippen molar-refractivity contribution in [1.29, 1.82) is 0 Å². The van der Waals surface area contributed by atoms with Crippen LogP contribution in [0.4, 0.5) is 0 Å². The van der Waals surface area contributed by atoms with Crippen molar-refractivity contribution in [2.24, 2.45) is 5.92 Å². The lowest BCUT2D eigenvalue weighted by atomic mass is 9.96. The number of rotatable bonds is 9. The van der Waals surface area contributed by atoms with Crippen molar-refractivity contribution in [2.75, 3.05) is 0 Å². The summed E-state index contributed by atoms with van der Waals surface area (Å²) >= 11 is 0. The number of benzene rings is 1. The van der Waals surface area contributed by atoms with Crippen LogP contribution in [0.25, 0.3) is 11.1 Å². The summed E-state index contributed by atoms with van der Waals surface area (Å²) in [7, 11) is 0. The van der Waals surface area contributed by atoms with E-state index in [2.05, 4.69) is 18.8 Å². The molecular formula is C21H27NO2. The zero-order valence-electron chi connectivity index (χ0n) is 14.7. The van der Waals surface area contributed by atoms with Gasteiger partial charge in [-0.2, -0.15) is 0 Å². The monoisotopic (exact) mass is 325 g/mol. The van der Waals surface area contributed by atoms with E-state index in [0.717, 1.165) is 36.8 Å². The molecule has 128 valence electrons. The smallest absolute Gasteiger partial charge is 0.314 e. The van der Waals surface area contributed by atoms with E-state index in [-0.39, 0.29) is 11.9 Å². The molecule has 0 aliphatic carbocycles. The first-order valence-corrected chi connectivity index (χ1v) is 8.96. The van der Waals surface area contributed by atoms with Crippen LogP contribution in [0.15, 0.2) is 48.8 Å². The van der Waals surface area contributed by atoms with E-state index in [9.17, 15) is 4.79 Å². The first-order chi connectivity index (χ1) is 11.7. The van der Waals surface area contributed by atoms with Crippen LogP contribution in [0.1, 0.15) is 52.4 Å². The number of carbonyl (C=O) groups excluding carboxylic acids is 1. The Labute approximate surface area is 145 Å². The maximum absolute atomic E-state index is 12.4. The predicted molar refractivity (Wildman–Crippen MR) is 97.8 cm³/mol. The molecule has 0 spiro atoms. The summed E-state index contributed by atoms with van der Waals surface area (Å²) in [5, 5.41) is 0. The molecule has 0 saturated heterocycles. The van der Waals surface area contributed by atoms with Crippen LogP contribution >= 0.6 is 0 Å². The van der Waals surface area contributed by atoms with Gasteiger partial charge in [-0.05, 0) is 48.2 Å². The van der Waals surface area contributed by atoms with Crippen LogP contribution in [0, 0.1) is 5.92 Å². The summed E-state index contributed by atoms with van der Waals surface area (Å²) in [6.07, 6.45) is 9.82. The number of unbranched alkanes of at least 4 members (excludes halogenated alkanes) is 2. The zero-order chi connectivity index (χ0) is 17.2. The van der Waals surface area contributed by atoms with Gasteiger partial charge in [-0.25, -0.2) is 0 Å². The van der Waals surface area contributed by atoms with Crippen LogP contribution in [-0.2, 0) is 4.79 Å². The average molecular weight is 325 g/mol. The largest absolute Gasteiger partial charge is 0.426 e. The summed E-state index contributed by atoms with van der Waals surface area (Å²) in [5.74, 6) is 0.542. The van der Waals surface area contributed by atoms with E-state index in [1.807, 2.05) is 36.4 Å². The summed E-state index contributed by atoms with van der Waals surface area (Å²) < 4.78 is 5.60. The Hall–Kier alpha value is -2.16. The van der Waals surface area contributed by atoms with Crippen molar-refractivity contribution < 1.29 is 9.53 Å². The van der Waals surface area contributed by atoms with Crippen molar-refractivity contribution in [3.63, 3.8) is 0 Å². The minimum Gasteiger partial charge on any atom is -0.426 e. The van der Waals surface area contributed by atoms with E-state index in [0.29, 0.717) is 5.75 Å². The second-order valence-electron chi connectivity index (χ2n) is 6.16. The Morgan fingerprint density at radius 1 is 0.917 bits per heavy atom. The van der Waals surface area contributed by atoms with Gasteiger partial charge in [-0.3, -0.25) is 9.78 Å². The van der Waals surface area contributed by atoms with Gasteiger partial charge >= 0.3 is 5.97 Å². The molecule has 0 aliphatic heterocycles. The fourth-order valence-electron chi connectivity index (χ4n) is 2.83. The summed E-state index contributed by atoms with van der Waals surface area (Å²) in [4.78, 5) is 16.4. The lowest BCUT2D eigenvalue weighted by molar-refractivity contribution is -0.139. The molecule has 1 aromatic carbocycles. The Kier molecular flexibility index (Phi) is 7.47. The fraction of sp³-hybridized carbons (Fsp3) is 0.429. The average Bonchev–Trinajstić information content (AvgIpc) is 2.62. The molecule has 0 fully saturated rings. The molecule has 0 radical (unpaired) electrons. The lowest BCUT2D eigenvalue weighted by Crippen LogP contribution is -2.20. The van der Waals surface area contributed by atoms with Crippen LogP contribution in [0.5, 0.6) is 5.75 Å². The van der Waals surface area contributed by atoms with E-state index in [1.54, 1.807) is 12.4 Å². The molecule has 0 bridgehead atoms. The van der Waals surface area contributed by atoms with E-state index in [1.165, 1.54) is 12.8 Å². The summed E-state index contributed by atoms with van der Waals surface area (Å²) in [6, 6.07) is 11.6. The zero-order valence-corrected chi connectivity index (χ0v) is 14.7. The van der Waals surface area contributed by atoms with Crippen LogP contribution in [0.2, 0.25) is 0 Å². The molecule has 0 aliphatic rings. The maximum atomic E-state index is 12.4. The van der Waals surface area contributed by atoms with E-state index < -0.39 is 0 Å². The molecule has 1 heterocycles. The van der Waals surface area contributed by atoms with Gasteiger partial charge in [-0.15, -0.1) is 0 Å². The fourth-order valence-corrected chi connectivity index (χ4v) is 2.83. The minimum atomic E-state index is -0.0929. The Morgan fingerprint density at radius 2 is 1.58 bits per heavy atom. The van der Waals surface area contributed by atoms with Crippen LogP contribution in [-0.4, -0.2) is 11.0 Å². The standard InChI is InChI=1S/C21H27NO2/c1-3-5-6-8-19(7-4-2)21(23)24-20-11-9-17(10-12-20)18-13-15-22-16-14-18/h9-16,19H,3-8H2,1-2H3. The summed E-state index contributed by atoms with van der Waals surface area (Å²) in [5.41, 5.74) is 2.19. The SMILES string of the molecule is CCCCCC(CCC)C(=O)Oc1ccc(-c2ccncc2)cc1. The normalized spacial score (nSPS) is 11.9. The highest BCUT2D eigenvalue weighted by atomic mass is 16.5. The van der Waals surface area contributed by atoms with Crippen molar-refractivity contribution in [3.8, 4) is 16.9 Å². The second-order valence-corrected chi connectivity index (χ2v) is 6.16. The van der Waals surface area contributed by atoms with Gasteiger partial charge in [0.05, 0.1) is 5.92 Å². The van der Waals surface area contributed by atoms with Crippen molar-refractivity contribution in [2.45, 2.75) is 52.4 Å². The molecule has 0 amide bonds. The third kappa shape index (κ3) is 5.48. The lowest BCUT2D eigenvalue weighted by Gasteiger charge is -2.15. The first kappa shape index (κ1) is 18.2. The third-order valence-electron chi connectivity index (χ3n) is 4.21. The maximum Gasteiger partial charge on any atom is 0.314 e. The van der Waals surface area contributed by atoms with Crippen LogP contribution < -0.4 is 4.74 Å². The number of ether oxygens (including phenoxy) is 1. The van der Waals surface area contributed by atoms with E-state index >= 15 is 0 Å². The highest BCUT2D eigenvalue weighted by molar-refractivity contribution is 5.75. The van der Waals surface area contributed by atoms with Gasteiger partial charge in [0.1, 0.15) is 5.75 Å². The molecule has 1 atom stereocenters. The number of nitrogens with zero attached hydrogens (tertiary/aromatic N) is 1. The Balaban J connectivity index is 1.97. The summed E-state index contributed by atoms with van der Waals surface area (Å²) in [6.45, 7) is 4.29. The number of carbonyl (C=O) groups is 1. The number of pyridine rings is 1. The number of aromatic nitrogens is 1. The van der Waals surface area contributed by atoms with Crippen molar-refractivity contribution in [1.82, 2.24) is 4.98 Å². The van der Waals surface area contributed by atoms with E-state index in [4.69, 9.17) is 4.74 Å². The second kappa shape index (κ2) is 9.86. The molecule has 0 saturated carbocycles. The van der Waals surface area contributed by atoms with Gasteiger partial charge in [0, 0.05) is 12.4 Å². The predicted octanol–water partition coefficient (Wildman–Crippen LogP) is 5.65. The number of esters is 1. The molecule has 24 heavy (non-hydrogen) atoms. The number of hydrogen-bond acceptors (Lipinski definition) is 3. The topological polar surface area (TPSA) is 39.2 Å². The minimum absolute atomic E-state index is 0.0152. The molecule has 1 aromatic heterocycles. The molecule has 3 heteroatoms. The highest BCUT2D eigenvalue weighted by Gasteiger charge is 2.19. The Morgan fingerprint density at radius 3 is 2.21 bits per heavy atom. The molecular weight excluding hydrogens is 298 g/mol. The van der Waals surface area contributed by atoms with Crippen molar-refractivity contribution >= 4 is 5.97 Å². The van der Waals surface area contributed by atoms with Gasteiger partial charge in [0.2, 0.25) is 0 Å². The van der Waals surface area contributed by atoms with Gasteiger partial charge in [-0.1, -0.05) is 51.7 Å². The van der Waals surface area contributed by atoms with Crippen molar-refractivity contribution in [3.05, 3.63) is 48.8 Å². The Bertz CT molecular complexity index is 607. The van der Waals surface area contributed by atoms with Crippen LogP contribution in [0.3, 0.4) is 0 Å². The van der Waals surface area contributed by atoms with Gasteiger partial charge < -0.3 is 4.74 Å². The molecule has 0 N–H and O–H groups in total. The third-order valence-corrected chi connectivity index (χ3v) is 4.21. The number of hydrogen-bond donors (Lipinski definition) is 0. The molecule has 3 nitrogen and oxygen atoms in total. The molecule has 2 rings (SSSR count). The highest BCUT2D eigenvalue weighted by Crippen LogP contribution is 2.24. The van der Waals surface area contributed by atoms with Gasteiger partial charge in [0.25, 0.3) is 0 Å². The molecule has 2 aromatic rings. The quantitative estimate of drug-likeness (QED) is 0.340. The molecule has 1 unspecified atom stereocenters.